The molecule has 0 amide bonds. The molecule has 3 heterocycles. The summed E-state index contributed by atoms with van der Waals surface area (Å²) in [6, 6.07) is 1.28. The zero-order valence-electron chi connectivity index (χ0n) is 11.8. The highest BCUT2D eigenvalue weighted by atomic mass is 19.4. The number of halogens is 3. The fourth-order valence-electron chi connectivity index (χ4n) is 2.13. The second-order valence-electron chi connectivity index (χ2n) is 4.41. The topological polar surface area (TPSA) is 75.5 Å². The molecule has 0 fully saturated rings. The molecule has 0 aliphatic carbocycles. The Morgan fingerprint density at radius 3 is 2.91 bits per heavy atom. The number of fused-ring (bicyclic) bond motifs is 1. The molecule has 10 heteroatoms. The van der Waals surface area contributed by atoms with Gasteiger partial charge in [-0.3, -0.25) is 0 Å². The lowest BCUT2D eigenvalue weighted by Crippen LogP contribution is -2.18. The highest BCUT2D eigenvalue weighted by molar-refractivity contribution is 5.90. The summed E-state index contributed by atoms with van der Waals surface area (Å²) in [5.74, 6) is -1.02. The van der Waals surface area contributed by atoms with Crippen LogP contribution in [0.1, 0.15) is 23.0 Å². The summed E-state index contributed by atoms with van der Waals surface area (Å²) < 4.78 is 55.7. The largest absolute Gasteiger partial charge is 0.462 e. The maximum absolute atomic E-state index is 13.4. The highest BCUT2D eigenvalue weighted by Crippen LogP contribution is 2.39. The van der Waals surface area contributed by atoms with Gasteiger partial charge in [0, 0.05) is 6.20 Å². The van der Waals surface area contributed by atoms with E-state index in [1.54, 1.807) is 0 Å². The Hall–Kier alpha value is -2.78. The summed E-state index contributed by atoms with van der Waals surface area (Å²) in [5.41, 5.74) is -1.96. The quantitative estimate of drug-likeness (QED) is 0.804. The highest BCUT2D eigenvalue weighted by Gasteiger charge is 2.42. The molecule has 1 aliphatic heterocycles. The number of esters is 1. The number of hydrogen-bond donors (Lipinski definition) is 0. The predicted molar refractivity (Wildman–Crippen MR) is 68.4 cm³/mol. The molecule has 2 aromatic heterocycles. The van der Waals surface area contributed by atoms with E-state index in [1.807, 2.05) is 0 Å². The molecule has 0 saturated carbocycles. The summed E-state index contributed by atoms with van der Waals surface area (Å²) >= 11 is 0. The molecule has 0 aromatic carbocycles. The van der Waals surface area contributed by atoms with Crippen LogP contribution in [0.5, 0.6) is 11.6 Å². The fourth-order valence-corrected chi connectivity index (χ4v) is 2.13. The average molecular weight is 329 g/mol. The Bertz CT molecular complexity index is 757. The van der Waals surface area contributed by atoms with Gasteiger partial charge in [-0.15, -0.1) is 0 Å². The van der Waals surface area contributed by atoms with Crippen LogP contribution in [0.4, 0.5) is 13.2 Å². The monoisotopic (exact) mass is 329 g/mol. The van der Waals surface area contributed by atoms with Gasteiger partial charge in [0.25, 0.3) is 5.88 Å². The lowest BCUT2D eigenvalue weighted by molar-refractivity contribution is -0.143. The minimum atomic E-state index is -4.83. The molecule has 0 unspecified atom stereocenters. The van der Waals surface area contributed by atoms with Crippen molar-refractivity contribution in [2.45, 2.75) is 13.1 Å². The molecule has 3 rings (SSSR count). The first-order valence-corrected chi connectivity index (χ1v) is 6.50. The molecular formula is C13H10F3N3O4. The number of rotatable bonds is 3. The molecule has 0 radical (unpaired) electrons. The van der Waals surface area contributed by atoms with Crippen LogP contribution in [-0.4, -0.2) is 34.1 Å². The maximum Gasteiger partial charge on any atom is 0.434 e. The third-order valence-electron chi connectivity index (χ3n) is 3.01. The zero-order chi connectivity index (χ0) is 16.6. The van der Waals surface area contributed by atoms with E-state index in [-0.39, 0.29) is 30.7 Å². The predicted octanol–water partition coefficient (Wildman–Crippen LogP) is 2.19. The van der Waals surface area contributed by atoms with Gasteiger partial charge in [0.1, 0.15) is 11.3 Å². The first-order chi connectivity index (χ1) is 10.9. The van der Waals surface area contributed by atoms with Crippen LogP contribution in [0.25, 0.3) is 5.69 Å². The van der Waals surface area contributed by atoms with E-state index >= 15 is 0 Å². The first kappa shape index (κ1) is 15.1. The van der Waals surface area contributed by atoms with Gasteiger partial charge in [0.15, 0.2) is 5.69 Å². The number of carbonyl (C=O) groups excluding carboxylic acids is 1. The Kier molecular flexibility index (Phi) is 3.58. The van der Waals surface area contributed by atoms with E-state index in [9.17, 15) is 18.0 Å². The summed E-state index contributed by atoms with van der Waals surface area (Å²) in [4.78, 5) is 15.6. The number of pyridine rings is 1. The van der Waals surface area contributed by atoms with Crippen molar-refractivity contribution in [2.24, 2.45) is 0 Å². The third-order valence-corrected chi connectivity index (χ3v) is 3.01. The number of ether oxygens (including phenoxy) is 3. The van der Waals surface area contributed by atoms with E-state index in [2.05, 4.69) is 14.8 Å². The van der Waals surface area contributed by atoms with Crippen molar-refractivity contribution >= 4 is 5.97 Å². The van der Waals surface area contributed by atoms with Gasteiger partial charge >= 0.3 is 12.1 Å². The molecule has 122 valence electrons. The Balaban J connectivity index is 2.18. The maximum atomic E-state index is 13.4. The smallest absolute Gasteiger partial charge is 0.434 e. The second kappa shape index (κ2) is 5.45. The molecular weight excluding hydrogens is 319 g/mol. The van der Waals surface area contributed by atoms with E-state index < -0.39 is 23.4 Å². The lowest BCUT2D eigenvalue weighted by Gasteiger charge is -2.13. The van der Waals surface area contributed by atoms with Gasteiger partial charge in [0.2, 0.25) is 12.5 Å². The summed E-state index contributed by atoms with van der Waals surface area (Å²) in [6.07, 6.45) is -2.76. The number of hydrogen-bond acceptors (Lipinski definition) is 6. The van der Waals surface area contributed by atoms with Crippen molar-refractivity contribution in [3.8, 4) is 17.3 Å². The van der Waals surface area contributed by atoms with Crippen LogP contribution in [0.3, 0.4) is 0 Å². The standard InChI is InChI=1S/C13H10F3N3O4/c1-2-21-12(20)7-5-18-19(10(7)13(14,15)16)8-3-4-17-11-9(8)22-6-23-11/h3-5H,2,6H2,1H3. The van der Waals surface area contributed by atoms with E-state index in [0.717, 1.165) is 6.20 Å². The second-order valence-corrected chi connectivity index (χ2v) is 4.41. The number of alkyl halides is 3. The molecule has 0 atom stereocenters. The lowest BCUT2D eigenvalue weighted by atomic mass is 10.2. The number of nitrogens with zero attached hydrogens (tertiary/aromatic N) is 3. The Morgan fingerprint density at radius 1 is 1.43 bits per heavy atom. The van der Waals surface area contributed by atoms with Crippen molar-refractivity contribution in [1.82, 2.24) is 14.8 Å². The molecule has 7 nitrogen and oxygen atoms in total. The van der Waals surface area contributed by atoms with Crippen molar-refractivity contribution in [3.63, 3.8) is 0 Å². The van der Waals surface area contributed by atoms with Crippen molar-refractivity contribution in [1.29, 1.82) is 0 Å². The molecule has 23 heavy (non-hydrogen) atoms. The zero-order valence-corrected chi connectivity index (χ0v) is 11.8. The Morgan fingerprint density at radius 2 is 2.22 bits per heavy atom. The van der Waals surface area contributed by atoms with E-state index in [0.29, 0.717) is 4.68 Å². The molecule has 0 spiro atoms. The molecule has 0 N–H and O–H groups in total. The van der Waals surface area contributed by atoms with Crippen LogP contribution in [0.2, 0.25) is 0 Å². The molecule has 2 aromatic rings. The van der Waals surface area contributed by atoms with Crippen LogP contribution in [0.15, 0.2) is 18.5 Å². The minimum absolute atomic E-state index is 0.0245. The molecule has 0 saturated heterocycles. The van der Waals surface area contributed by atoms with Crippen molar-refractivity contribution < 1.29 is 32.2 Å². The number of carbonyl (C=O) groups is 1. The van der Waals surface area contributed by atoms with Crippen LogP contribution < -0.4 is 9.47 Å². The Labute approximate surface area is 127 Å². The summed E-state index contributed by atoms with van der Waals surface area (Å²) in [7, 11) is 0. The molecule has 0 bridgehead atoms. The average Bonchev–Trinajstić information content (AvgIpc) is 3.13. The molecule has 1 aliphatic rings. The van der Waals surface area contributed by atoms with Crippen LogP contribution in [0, 0.1) is 0 Å². The van der Waals surface area contributed by atoms with Gasteiger partial charge in [-0.05, 0) is 13.0 Å². The first-order valence-electron chi connectivity index (χ1n) is 6.50. The third kappa shape index (κ3) is 2.56. The van der Waals surface area contributed by atoms with Gasteiger partial charge in [0.05, 0.1) is 12.8 Å². The van der Waals surface area contributed by atoms with Crippen LogP contribution in [-0.2, 0) is 10.9 Å². The van der Waals surface area contributed by atoms with Crippen LogP contribution >= 0.6 is 0 Å². The SMILES string of the molecule is CCOC(=O)c1cnn(-c2ccnc3c2OCO3)c1C(F)(F)F. The normalized spacial score (nSPS) is 13.2. The van der Waals surface area contributed by atoms with E-state index in [1.165, 1.54) is 19.2 Å². The van der Waals surface area contributed by atoms with Crippen molar-refractivity contribution in [2.75, 3.05) is 13.4 Å². The van der Waals surface area contributed by atoms with Crippen molar-refractivity contribution in [3.05, 3.63) is 29.7 Å². The van der Waals surface area contributed by atoms with Gasteiger partial charge < -0.3 is 14.2 Å². The van der Waals surface area contributed by atoms with Gasteiger partial charge in [-0.1, -0.05) is 0 Å². The number of aromatic nitrogens is 3. The minimum Gasteiger partial charge on any atom is -0.462 e. The van der Waals surface area contributed by atoms with Gasteiger partial charge in [-0.2, -0.15) is 18.3 Å². The summed E-state index contributed by atoms with van der Waals surface area (Å²) in [6.45, 7) is 1.28. The van der Waals surface area contributed by atoms with E-state index in [4.69, 9.17) is 9.47 Å². The summed E-state index contributed by atoms with van der Waals surface area (Å²) in [5, 5.41) is 3.67. The van der Waals surface area contributed by atoms with Gasteiger partial charge in [-0.25, -0.2) is 14.5 Å². The fraction of sp³-hybridized carbons (Fsp3) is 0.308.